The van der Waals surface area contributed by atoms with Crippen LogP contribution in [0.25, 0.3) is 0 Å². The van der Waals surface area contributed by atoms with Crippen molar-refractivity contribution in [1.29, 1.82) is 0 Å². The minimum atomic E-state index is -3.58. The molecular formula is C15H19N3O2S. The van der Waals surface area contributed by atoms with Gasteiger partial charge in [-0.2, -0.15) is 0 Å². The van der Waals surface area contributed by atoms with E-state index in [1.165, 1.54) is 0 Å². The molecule has 1 aromatic heterocycles. The molecule has 21 heavy (non-hydrogen) atoms. The van der Waals surface area contributed by atoms with Crippen LogP contribution in [0, 0.1) is 13.8 Å². The zero-order valence-electron chi connectivity index (χ0n) is 12.1. The van der Waals surface area contributed by atoms with Gasteiger partial charge in [-0.3, -0.25) is 4.98 Å². The van der Waals surface area contributed by atoms with E-state index in [2.05, 4.69) is 9.71 Å². The minimum Gasteiger partial charge on any atom is -0.326 e. The zero-order valence-corrected chi connectivity index (χ0v) is 12.9. The van der Waals surface area contributed by atoms with Gasteiger partial charge in [-0.15, -0.1) is 0 Å². The van der Waals surface area contributed by atoms with Gasteiger partial charge in [0, 0.05) is 12.7 Å². The molecule has 3 N–H and O–H groups in total. The van der Waals surface area contributed by atoms with E-state index in [-0.39, 0.29) is 11.4 Å². The lowest BCUT2D eigenvalue weighted by Crippen LogP contribution is -2.24. The summed E-state index contributed by atoms with van der Waals surface area (Å²) >= 11 is 0. The van der Waals surface area contributed by atoms with Crippen LogP contribution < -0.4 is 10.5 Å². The third kappa shape index (κ3) is 3.66. The van der Waals surface area contributed by atoms with Crippen LogP contribution in [-0.4, -0.2) is 13.4 Å². The number of hydrogen-bond acceptors (Lipinski definition) is 4. The molecule has 0 saturated heterocycles. The standard InChI is InChI=1S/C15H19N3O2S/c1-11-7-12(2)15(8-13(11)9-16)21(19,20)18-10-14-5-3-4-6-17-14/h3-8,18H,9-10,16H2,1-2H3. The van der Waals surface area contributed by atoms with Crippen molar-refractivity contribution >= 4 is 10.0 Å². The summed E-state index contributed by atoms with van der Waals surface area (Å²) in [5.74, 6) is 0. The van der Waals surface area contributed by atoms with Crippen LogP contribution in [0.5, 0.6) is 0 Å². The van der Waals surface area contributed by atoms with Crippen LogP contribution in [0.1, 0.15) is 22.4 Å². The Hall–Kier alpha value is -1.76. The van der Waals surface area contributed by atoms with Gasteiger partial charge in [0.05, 0.1) is 17.1 Å². The molecule has 0 bridgehead atoms. The van der Waals surface area contributed by atoms with Crippen LogP contribution in [-0.2, 0) is 23.1 Å². The van der Waals surface area contributed by atoms with Gasteiger partial charge in [0.15, 0.2) is 0 Å². The zero-order chi connectivity index (χ0) is 15.5. The summed E-state index contributed by atoms with van der Waals surface area (Å²) in [5.41, 5.74) is 8.86. The predicted molar refractivity (Wildman–Crippen MR) is 82.1 cm³/mol. The molecule has 2 rings (SSSR count). The van der Waals surface area contributed by atoms with Crippen molar-refractivity contribution in [2.45, 2.75) is 31.8 Å². The van der Waals surface area contributed by atoms with Crippen molar-refractivity contribution in [3.05, 3.63) is 58.9 Å². The summed E-state index contributed by atoms with van der Waals surface area (Å²) in [6.07, 6.45) is 1.63. The quantitative estimate of drug-likeness (QED) is 0.879. The topological polar surface area (TPSA) is 85.1 Å². The molecule has 1 aromatic carbocycles. The Kier molecular flexibility index (Phi) is 4.72. The van der Waals surface area contributed by atoms with Crippen molar-refractivity contribution < 1.29 is 8.42 Å². The van der Waals surface area contributed by atoms with Gasteiger partial charge in [-0.05, 0) is 48.7 Å². The highest BCUT2D eigenvalue weighted by molar-refractivity contribution is 7.89. The second-order valence-electron chi connectivity index (χ2n) is 4.89. The SMILES string of the molecule is Cc1cc(C)c(S(=O)(=O)NCc2ccccn2)cc1CN. The molecule has 2 aromatic rings. The van der Waals surface area contributed by atoms with Crippen LogP contribution >= 0.6 is 0 Å². The first-order valence-electron chi connectivity index (χ1n) is 6.64. The van der Waals surface area contributed by atoms with Crippen molar-refractivity contribution in [3.63, 3.8) is 0 Å². The van der Waals surface area contributed by atoms with E-state index in [0.29, 0.717) is 17.8 Å². The van der Waals surface area contributed by atoms with Crippen molar-refractivity contribution in [3.8, 4) is 0 Å². The van der Waals surface area contributed by atoms with Crippen molar-refractivity contribution in [1.82, 2.24) is 9.71 Å². The molecule has 0 atom stereocenters. The van der Waals surface area contributed by atoms with Crippen molar-refractivity contribution in [2.24, 2.45) is 5.73 Å². The highest BCUT2D eigenvalue weighted by Crippen LogP contribution is 2.20. The maximum atomic E-state index is 12.4. The first-order valence-corrected chi connectivity index (χ1v) is 8.12. The number of hydrogen-bond donors (Lipinski definition) is 2. The number of nitrogens with zero attached hydrogens (tertiary/aromatic N) is 1. The van der Waals surface area contributed by atoms with E-state index < -0.39 is 10.0 Å². The third-order valence-electron chi connectivity index (χ3n) is 3.31. The summed E-state index contributed by atoms with van der Waals surface area (Å²) < 4.78 is 27.4. The second kappa shape index (κ2) is 6.34. The minimum absolute atomic E-state index is 0.161. The van der Waals surface area contributed by atoms with Crippen LogP contribution in [0.4, 0.5) is 0 Å². The number of benzene rings is 1. The highest BCUT2D eigenvalue weighted by atomic mass is 32.2. The van der Waals surface area contributed by atoms with Crippen LogP contribution in [0.3, 0.4) is 0 Å². The number of nitrogens with two attached hydrogens (primary N) is 1. The number of nitrogens with one attached hydrogen (secondary N) is 1. The monoisotopic (exact) mass is 305 g/mol. The van der Waals surface area contributed by atoms with Gasteiger partial charge in [0.25, 0.3) is 0 Å². The highest BCUT2D eigenvalue weighted by Gasteiger charge is 2.18. The first kappa shape index (κ1) is 15.6. The molecule has 0 saturated carbocycles. The van der Waals surface area contributed by atoms with Gasteiger partial charge in [0.1, 0.15) is 0 Å². The van der Waals surface area contributed by atoms with Crippen LogP contribution in [0.2, 0.25) is 0 Å². The Morgan fingerprint density at radius 2 is 1.95 bits per heavy atom. The number of sulfonamides is 1. The van der Waals surface area contributed by atoms with Gasteiger partial charge in [0.2, 0.25) is 10.0 Å². The molecule has 0 aliphatic heterocycles. The average molecular weight is 305 g/mol. The Balaban J connectivity index is 2.27. The fraction of sp³-hybridized carbons (Fsp3) is 0.267. The molecule has 0 fully saturated rings. The summed E-state index contributed by atoms with van der Waals surface area (Å²) in [6.45, 7) is 4.18. The lowest BCUT2D eigenvalue weighted by Gasteiger charge is -2.12. The van der Waals surface area contributed by atoms with E-state index >= 15 is 0 Å². The van der Waals surface area contributed by atoms with E-state index in [1.807, 2.05) is 19.1 Å². The first-order chi connectivity index (χ1) is 9.94. The van der Waals surface area contributed by atoms with Gasteiger partial charge in [-0.1, -0.05) is 12.1 Å². The predicted octanol–water partition coefficient (Wildman–Crippen LogP) is 1.64. The molecule has 112 valence electrons. The maximum Gasteiger partial charge on any atom is 0.241 e. The van der Waals surface area contributed by atoms with Gasteiger partial charge >= 0.3 is 0 Å². The lowest BCUT2D eigenvalue weighted by molar-refractivity contribution is 0.579. The molecule has 0 aliphatic carbocycles. The summed E-state index contributed by atoms with van der Waals surface area (Å²) in [7, 11) is -3.58. The number of rotatable bonds is 5. The van der Waals surface area contributed by atoms with E-state index in [9.17, 15) is 8.42 Å². The molecule has 5 nitrogen and oxygen atoms in total. The molecular weight excluding hydrogens is 286 g/mol. The lowest BCUT2D eigenvalue weighted by atomic mass is 10.1. The normalized spacial score (nSPS) is 11.6. The second-order valence-corrected chi connectivity index (χ2v) is 6.63. The van der Waals surface area contributed by atoms with Gasteiger partial charge < -0.3 is 5.73 Å². The van der Waals surface area contributed by atoms with E-state index in [4.69, 9.17) is 5.73 Å². The largest absolute Gasteiger partial charge is 0.326 e. The summed E-state index contributed by atoms with van der Waals surface area (Å²) in [4.78, 5) is 4.37. The number of pyridine rings is 1. The smallest absolute Gasteiger partial charge is 0.241 e. The van der Waals surface area contributed by atoms with E-state index in [1.54, 1.807) is 31.3 Å². The Morgan fingerprint density at radius 3 is 2.57 bits per heavy atom. The molecule has 0 unspecified atom stereocenters. The Morgan fingerprint density at radius 1 is 1.19 bits per heavy atom. The van der Waals surface area contributed by atoms with E-state index in [0.717, 1.165) is 11.1 Å². The molecule has 6 heteroatoms. The fourth-order valence-corrected chi connectivity index (χ4v) is 3.41. The Labute approximate surface area is 125 Å². The average Bonchev–Trinajstić information content (AvgIpc) is 2.46. The molecule has 0 radical (unpaired) electrons. The fourth-order valence-electron chi connectivity index (χ4n) is 2.13. The molecule has 0 spiro atoms. The number of aryl methyl sites for hydroxylation is 2. The van der Waals surface area contributed by atoms with Crippen molar-refractivity contribution in [2.75, 3.05) is 0 Å². The van der Waals surface area contributed by atoms with Crippen LogP contribution in [0.15, 0.2) is 41.4 Å². The third-order valence-corrected chi connectivity index (χ3v) is 4.86. The summed E-state index contributed by atoms with van der Waals surface area (Å²) in [5, 5.41) is 0. The summed E-state index contributed by atoms with van der Waals surface area (Å²) in [6, 6.07) is 8.87. The number of aromatic nitrogens is 1. The Bertz CT molecular complexity index is 728. The molecule has 0 amide bonds. The molecule has 0 aliphatic rings. The maximum absolute atomic E-state index is 12.4. The molecule has 1 heterocycles. The van der Waals surface area contributed by atoms with Gasteiger partial charge in [-0.25, -0.2) is 13.1 Å².